The summed E-state index contributed by atoms with van der Waals surface area (Å²) in [4.78, 5) is 11.9. The molecule has 0 saturated carbocycles. The molecule has 0 atom stereocenters. The molecule has 0 aliphatic heterocycles. The van der Waals surface area contributed by atoms with Crippen molar-refractivity contribution in [3.63, 3.8) is 0 Å². The maximum Gasteiger partial charge on any atom is 0.352 e. The van der Waals surface area contributed by atoms with Gasteiger partial charge in [-0.3, -0.25) is 0 Å². The molecule has 1 heterocycles. The number of rotatable bonds is 4. The fourth-order valence-electron chi connectivity index (χ4n) is 0.881. The van der Waals surface area contributed by atoms with Crippen LogP contribution in [-0.4, -0.2) is 22.2 Å². The minimum Gasteiger partial charge on any atom is -0.457 e. The highest BCUT2D eigenvalue weighted by molar-refractivity contribution is 7.07. The van der Waals surface area contributed by atoms with Gasteiger partial charge in [0.05, 0.1) is 5.69 Å². The van der Waals surface area contributed by atoms with Crippen LogP contribution in [0.3, 0.4) is 0 Å². The first-order valence-electron chi connectivity index (χ1n) is 4.39. The van der Waals surface area contributed by atoms with Crippen LogP contribution < -0.4 is 0 Å². The molecule has 0 saturated heterocycles. The normalized spacial score (nSPS) is 10.7. The molecule has 1 aromatic rings. The van der Waals surface area contributed by atoms with E-state index in [0.29, 0.717) is 23.6 Å². The molecule has 0 aromatic carbocycles. The minimum absolute atomic E-state index is 0.302. The number of carbonyl (C=O) groups excluding carboxylic acids is 1. The standard InChI is InChI=1S/C9H12N2O2S/c1-3-5-6-13-9(12)8-7(4-2)10-11-14-8/h3,5H,4,6H2,1-2H3/b5-3+. The summed E-state index contributed by atoms with van der Waals surface area (Å²) in [5.41, 5.74) is 0.709. The van der Waals surface area contributed by atoms with Crippen LogP contribution >= 0.6 is 11.5 Å². The molecule has 1 aromatic heterocycles. The molecule has 0 radical (unpaired) electrons. The fourth-order valence-corrected chi connectivity index (χ4v) is 1.53. The van der Waals surface area contributed by atoms with Crippen molar-refractivity contribution in [2.24, 2.45) is 0 Å². The average Bonchev–Trinajstić information content (AvgIpc) is 2.65. The van der Waals surface area contributed by atoms with Gasteiger partial charge in [-0.2, -0.15) is 0 Å². The van der Waals surface area contributed by atoms with E-state index in [0.717, 1.165) is 11.5 Å². The zero-order valence-corrected chi connectivity index (χ0v) is 9.00. The van der Waals surface area contributed by atoms with Crippen molar-refractivity contribution in [3.8, 4) is 0 Å². The maximum atomic E-state index is 11.4. The van der Waals surface area contributed by atoms with Crippen LogP contribution in [0.15, 0.2) is 12.2 Å². The first kappa shape index (κ1) is 10.8. The third-order valence-electron chi connectivity index (χ3n) is 1.62. The molecule has 0 spiro atoms. The number of nitrogens with zero attached hydrogens (tertiary/aromatic N) is 2. The van der Waals surface area contributed by atoms with E-state index in [1.807, 2.05) is 19.9 Å². The first-order chi connectivity index (χ1) is 6.79. The van der Waals surface area contributed by atoms with Crippen LogP contribution in [0.2, 0.25) is 0 Å². The van der Waals surface area contributed by atoms with E-state index in [1.54, 1.807) is 6.08 Å². The second-order valence-corrected chi connectivity index (χ2v) is 3.32. The zero-order valence-electron chi connectivity index (χ0n) is 8.19. The smallest absolute Gasteiger partial charge is 0.352 e. The monoisotopic (exact) mass is 212 g/mol. The lowest BCUT2D eigenvalue weighted by Crippen LogP contribution is -2.05. The molecule has 0 bridgehead atoms. The largest absolute Gasteiger partial charge is 0.457 e. The fraction of sp³-hybridized carbons (Fsp3) is 0.444. The highest BCUT2D eigenvalue weighted by Gasteiger charge is 2.15. The Balaban J connectivity index is 2.60. The van der Waals surface area contributed by atoms with Crippen molar-refractivity contribution in [2.45, 2.75) is 20.3 Å². The Hall–Kier alpha value is -1.23. The van der Waals surface area contributed by atoms with E-state index >= 15 is 0 Å². The third kappa shape index (κ3) is 2.63. The lowest BCUT2D eigenvalue weighted by molar-refractivity contribution is 0.0553. The Kier molecular flexibility index (Phi) is 4.25. The molecule has 0 aliphatic carbocycles. The average molecular weight is 212 g/mol. The van der Waals surface area contributed by atoms with Gasteiger partial charge in [-0.25, -0.2) is 4.79 Å². The SMILES string of the molecule is C/C=C/COC(=O)c1snnc1CC. The molecule has 14 heavy (non-hydrogen) atoms. The molecular weight excluding hydrogens is 200 g/mol. The number of aromatic nitrogens is 2. The molecule has 0 N–H and O–H groups in total. The predicted molar refractivity (Wildman–Crippen MR) is 54.4 cm³/mol. The van der Waals surface area contributed by atoms with Crippen molar-refractivity contribution in [1.82, 2.24) is 9.59 Å². The summed E-state index contributed by atoms with van der Waals surface area (Å²) >= 11 is 1.08. The van der Waals surface area contributed by atoms with Crippen LogP contribution in [-0.2, 0) is 11.2 Å². The van der Waals surface area contributed by atoms with E-state index in [4.69, 9.17) is 4.74 Å². The van der Waals surface area contributed by atoms with Gasteiger partial charge in [-0.1, -0.05) is 23.6 Å². The first-order valence-corrected chi connectivity index (χ1v) is 5.16. The molecular formula is C9H12N2O2S. The Morgan fingerprint density at radius 2 is 2.43 bits per heavy atom. The Labute approximate surface area is 86.8 Å². The predicted octanol–water partition coefficient (Wildman–Crippen LogP) is 1.83. The van der Waals surface area contributed by atoms with Crippen LogP contribution in [0, 0.1) is 0 Å². The Bertz CT molecular complexity index is 333. The molecule has 4 nitrogen and oxygen atoms in total. The second-order valence-electron chi connectivity index (χ2n) is 2.57. The number of esters is 1. The molecule has 0 aliphatic rings. The van der Waals surface area contributed by atoms with Crippen molar-refractivity contribution in [1.29, 1.82) is 0 Å². The summed E-state index contributed by atoms with van der Waals surface area (Å²) in [6.07, 6.45) is 4.31. The lowest BCUT2D eigenvalue weighted by Gasteiger charge is -1.98. The molecule has 76 valence electrons. The van der Waals surface area contributed by atoms with Gasteiger partial charge in [-0.15, -0.1) is 5.10 Å². The number of ether oxygens (including phenoxy) is 1. The molecule has 1 rings (SSSR count). The summed E-state index contributed by atoms with van der Waals surface area (Å²) in [6, 6.07) is 0. The zero-order chi connectivity index (χ0) is 10.4. The van der Waals surface area contributed by atoms with Gasteiger partial charge in [-0.05, 0) is 24.9 Å². The number of hydrogen-bond donors (Lipinski definition) is 0. The number of allylic oxidation sites excluding steroid dienone is 1. The van der Waals surface area contributed by atoms with Gasteiger partial charge in [0.1, 0.15) is 6.61 Å². The summed E-state index contributed by atoms with van der Waals surface area (Å²) in [6.45, 7) is 4.11. The summed E-state index contributed by atoms with van der Waals surface area (Å²) < 4.78 is 8.69. The molecule has 0 fully saturated rings. The third-order valence-corrected chi connectivity index (χ3v) is 2.37. The molecule has 0 amide bonds. The number of carbonyl (C=O) groups is 1. The van der Waals surface area contributed by atoms with Crippen LogP contribution in [0.25, 0.3) is 0 Å². The number of aryl methyl sites for hydroxylation is 1. The van der Waals surface area contributed by atoms with E-state index < -0.39 is 0 Å². The van der Waals surface area contributed by atoms with Crippen molar-refractivity contribution >= 4 is 17.5 Å². The van der Waals surface area contributed by atoms with Gasteiger partial charge in [0.2, 0.25) is 0 Å². The topological polar surface area (TPSA) is 52.1 Å². The van der Waals surface area contributed by atoms with Crippen LogP contribution in [0.5, 0.6) is 0 Å². The minimum atomic E-state index is -0.338. The highest BCUT2D eigenvalue weighted by Crippen LogP contribution is 2.12. The number of hydrogen-bond acceptors (Lipinski definition) is 5. The van der Waals surface area contributed by atoms with Gasteiger partial charge >= 0.3 is 5.97 Å². The van der Waals surface area contributed by atoms with Gasteiger partial charge in [0.25, 0.3) is 0 Å². The van der Waals surface area contributed by atoms with Crippen LogP contribution in [0.4, 0.5) is 0 Å². The summed E-state index contributed by atoms with van der Waals surface area (Å²) in [7, 11) is 0. The van der Waals surface area contributed by atoms with E-state index in [9.17, 15) is 4.79 Å². The highest BCUT2D eigenvalue weighted by atomic mass is 32.1. The van der Waals surface area contributed by atoms with Gasteiger partial charge < -0.3 is 4.74 Å². The van der Waals surface area contributed by atoms with Crippen molar-refractivity contribution in [2.75, 3.05) is 6.61 Å². The Morgan fingerprint density at radius 3 is 3.07 bits per heavy atom. The van der Waals surface area contributed by atoms with Gasteiger partial charge in [0.15, 0.2) is 4.88 Å². The van der Waals surface area contributed by atoms with Crippen molar-refractivity contribution in [3.05, 3.63) is 22.7 Å². The molecule has 0 unspecified atom stereocenters. The van der Waals surface area contributed by atoms with E-state index in [2.05, 4.69) is 9.59 Å². The lowest BCUT2D eigenvalue weighted by atomic mass is 10.3. The van der Waals surface area contributed by atoms with Crippen molar-refractivity contribution < 1.29 is 9.53 Å². The Morgan fingerprint density at radius 1 is 1.64 bits per heavy atom. The summed E-state index contributed by atoms with van der Waals surface area (Å²) in [5.74, 6) is -0.338. The molecule has 5 heteroatoms. The quantitative estimate of drug-likeness (QED) is 0.564. The summed E-state index contributed by atoms with van der Waals surface area (Å²) in [5, 5.41) is 3.83. The van der Waals surface area contributed by atoms with Crippen LogP contribution in [0.1, 0.15) is 29.2 Å². The second kappa shape index (κ2) is 5.49. The van der Waals surface area contributed by atoms with Gasteiger partial charge in [0, 0.05) is 0 Å². The maximum absolute atomic E-state index is 11.4. The van der Waals surface area contributed by atoms with E-state index in [1.165, 1.54) is 0 Å². The van der Waals surface area contributed by atoms with E-state index in [-0.39, 0.29) is 5.97 Å².